The van der Waals surface area contributed by atoms with E-state index in [1.165, 1.54) is 6.42 Å². The molecule has 2 aliphatic rings. The van der Waals surface area contributed by atoms with Crippen molar-refractivity contribution in [3.05, 3.63) is 34.3 Å². The monoisotopic (exact) mass is 263 g/mol. The minimum atomic E-state index is 0.0162. The predicted molar refractivity (Wildman–Crippen MR) is 72.8 cm³/mol. The summed E-state index contributed by atoms with van der Waals surface area (Å²) in [7, 11) is 0. The highest BCUT2D eigenvalue weighted by molar-refractivity contribution is 6.31. The van der Waals surface area contributed by atoms with E-state index in [9.17, 15) is 4.79 Å². The van der Waals surface area contributed by atoms with Crippen LogP contribution in [0.25, 0.3) is 0 Å². The van der Waals surface area contributed by atoms with Gasteiger partial charge in [0.15, 0.2) is 5.78 Å². The van der Waals surface area contributed by atoms with Crippen molar-refractivity contribution in [2.24, 2.45) is 23.5 Å². The summed E-state index contributed by atoms with van der Waals surface area (Å²) in [6.45, 7) is 1.94. The molecule has 0 spiro atoms. The van der Waals surface area contributed by atoms with Crippen LogP contribution in [0.3, 0.4) is 0 Å². The Morgan fingerprint density at radius 3 is 2.67 bits per heavy atom. The Hall–Kier alpha value is -0.860. The summed E-state index contributed by atoms with van der Waals surface area (Å²) < 4.78 is 0. The van der Waals surface area contributed by atoms with Gasteiger partial charge in [0.05, 0.1) is 0 Å². The summed E-state index contributed by atoms with van der Waals surface area (Å²) in [5.74, 6) is 1.27. The average Bonchev–Trinajstić information content (AvgIpc) is 2.92. The number of hydrogen-bond acceptors (Lipinski definition) is 2. The molecule has 2 aliphatic carbocycles. The van der Waals surface area contributed by atoms with E-state index >= 15 is 0 Å². The summed E-state index contributed by atoms with van der Waals surface area (Å²) in [5, 5.41) is 0.664. The number of nitrogens with two attached hydrogens (primary N) is 1. The molecule has 1 aromatic rings. The zero-order valence-corrected chi connectivity index (χ0v) is 11.3. The molecule has 0 aromatic heterocycles. The fourth-order valence-corrected chi connectivity index (χ4v) is 3.84. The molecular weight excluding hydrogens is 246 g/mol. The molecule has 1 aromatic carbocycles. The average molecular weight is 264 g/mol. The van der Waals surface area contributed by atoms with Gasteiger partial charge in [0.25, 0.3) is 0 Å². The topological polar surface area (TPSA) is 43.1 Å². The van der Waals surface area contributed by atoms with Crippen LogP contribution < -0.4 is 5.73 Å². The maximum absolute atomic E-state index is 12.6. The molecule has 0 amide bonds. The molecule has 0 radical (unpaired) electrons. The van der Waals surface area contributed by atoms with Gasteiger partial charge in [-0.15, -0.1) is 0 Å². The van der Waals surface area contributed by atoms with Gasteiger partial charge in [-0.05, 0) is 49.7 Å². The van der Waals surface area contributed by atoms with Crippen molar-refractivity contribution in [3.63, 3.8) is 0 Å². The van der Waals surface area contributed by atoms with Gasteiger partial charge in [0.1, 0.15) is 0 Å². The molecule has 3 heteroatoms. The summed E-state index contributed by atoms with van der Waals surface area (Å²) in [6, 6.07) is 5.63. The third-order valence-corrected chi connectivity index (χ3v) is 5.15. The van der Waals surface area contributed by atoms with Gasteiger partial charge < -0.3 is 5.73 Å². The third kappa shape index (κ3) is 1.79. The lowest BCUT2D eigenvalue weighted by Gasteiger charge is -2.27. The van der Waals surface area contributed by atoms with E-state index in [2.05, 4.69) is 0 Å². The second-order valence-corrected chi connectivity index (χ2v) is 6.17. The van der Waals surface area contributed by atoms with Gasteiger partial charge in [0, 0.05) is 22.5 Å². The van der Waals surface area contributed by atoms with Crippen LogP contribution in [0.4, 0.5) is 0 Å². The molecule has 3 rings (SSSR count). The number of carbonyl (C=O) groups excluding carboxylic acids is 1. The number of hydrogen-bond donors (Lipinski definition) is 1. The van der Waals surface area contributed by atoms with Crippen LogP contribution in [-0.2, 0) is 0 Å². The molecule has 96 valence electrons. The second-order valence-electron chi connectivity index (χ2n) is 5.76. The van der Waals surface area contributed by atoms with Crippen molar-refractivity contribution in [1.82, 2.24) is 0 Å². The van der Waals surface area contributed by atoms with Gasteiger partial charge >= 0.3 is 0 Å². The number of carbonyl (C=O) groups is 1. The Morgan fingerprint density at radius 2 is 2.06 bits per heavy atom. The highest BCUT2D eigenvalue weighted by Gasteiger charge is 2.49. The van der Waals surface area contributed by atoms with Crippen molar-refractivity contribution in [2.45, 2.75) is 32.2 Å². The number of benzene rings is 1. The standard InChI is InChI=1S/C15H18ClNO/c1-8-2-3-11(7-12(8)16)15(18)13-9-4-5-10(6-9)14(13)17/h2-3,7,9-10,13-14H,4-6,17H2,1H3. The van der Waals surface area contributed by atoms with E-state index in [4.69, 9.17) is 17.3 Å². The van der Waals surface area contributed by atoms with Crippen LogP contribution in [0, 0.1) is 24.7 Å². The fourth-order valence-electron chi connectivity index (χ4n) is 3.66. The highest BCUT2D eigenvalue weighted by Crippen LogP contribution is 2.48. The molecule has 18 heavy (non-hydrogen) atoms. The molecule has 0 saturated heterocycles. The molecule has 2 N–H and O–H groups in total. The zero-order valence-electron chi connectivity index (χ0n) is 10.5. The van der Waals surface area contributed by atoms with Crippen molar-refractivity contribution >= 4 is 17.4 Å². The summed E-state index contributed by atoms with van der Waals surface area (Å²) in [6.07, 6.45) is 3.50. The van der Waals surface area contributed by atoms with Crippen LogP contribution in [-0.4, -0.2) is 11.8 Å². The molecule has 0 aliphatic heterocycles. The molecule has 2 bridgehead atoms. The number of fused-ring (bicyclic) bond motifs is 2. The first-order valence-corrected chi connectivity index (χ1v) is 7.01. The molecule has 2 saturated carbocycles. The summed E-state index contributed by atoms with van der Waals surface area (Å²) in [5.41, 5.74) is 7.94. The molecule has 4 unspecified atom stereocenters. The van der Waals surface area contributed by atoms with Crippen molar-refractivity contribution in [2.75, 3.05) is 0 Å². The van der Waals surface area contributed by atoms with Crippen LogP contribution in [0.1, 0.15) is 35.2 Å². The zero-order chi connectivity index (χ0) is 12.9. The summed E-state index contributed by atoms with van der Waals surface area (Å²) in [4.78, 5) is 12.6. The smallest absolute Gasteiger partial charge is 0.167 e. The van der Waals surface area contributed by atoms with Gasteiger partial charge in [-0.3, -0.25) is 4.79 Å². The lowest BCUT2D eigenvalue weighted by Crippen LogP contribution is -2.40. The van der Waals surface area contributed by atoms with Gasteiger partial charge in [-0.2, -0.15) is 0 Å². The van der Waals surface area contributed by atoms with E-state index in [1.807, 2.05) is 19.1 Å². The van der Waals surface area contributed by atoms with E-state index < -0.39 is 0 Å². The Balaban J connectivity index is 1.88. The number of aryl methyl sites for hydroxylation is 1. The second kappa shape index (κ2) is 4.36. The first-order chi connectivity index (χ1) is 8.58. The lowest BCUT2D eigenvalue weighted by atomic mass is 9.80. The molecule has 2 nitrogen and oxygen atoms in total. The number of halogens is 1. The number of rotatable bonds is 2. The number of ketones is 1. The maximum Gasteiger partial charge on any atom is 0.167 e. The Bertz CT molecular complexity index is 497. The third-order valence-electron chi connectivity index (χ3n) is 4.74. The molecule has 4 atom stereocenters. The first-order valence-electron chi connectivity index (χ1n) is 6.64. The Labute approximate surface area is 113 Å². The van der Waals surface area contributed by atoms with E-state index in [-0.39, 0.29) is 17.7 Å². The highest BCUT2D eigenvalue weighted by atomic mass is 35.5. The van der Waals surface area contributed by atoms with E-state index in [1.54, 1.807) is 6.07 Å². The molecule has 0 heterocycles. The Kier molecular flexibility index (Phi) is 2.95. The number of Topliss-reactive ketones (excluding diaryl/α,β-unsaturated/α-hetero) is 1. The van der Waals surface area contributed by atoms with Gasteiger partial charge in [-0.25, -0.2) is 0 Å². The van der Waals surface area contributed by atoms with Gasteiger partial charge in [-0.1, -0.05) is 23.7 Å². The van der Waals surface area contributed by atoms with Crippen LogP contribution in [0.5, 0.6) is 0 Å². The van der Waals surface area contributed by atoms with Crippen molar-refractivity contribution in [3.8, 4) is 0 Å². The lowest BCUT2D eigenvalue weighted by molar-refractivity contribution is 0.0856. The van der Waals surface area contributed by atoms with Crippen molar-refractivity contribution < 1.29 is 4.79 Å². The van der Waals surface area contributed by atoms with Crippen LogP contribution in [0.2, 0.25) is 5.02 Å². The molecular formula is C15H18ClNO. The Morgan fingerprint density at radius 1 is 1.33 bits per heavy atom. The van der Waals surface area contributed by atoms with E-state index in [0.717, 1.165) is 24.0 Å². The van der Waals surface area contributed by atoms with Crippen LogP contribution in [0.15, 0.2) is 18.2 Å². The maximum atomic E-state index is 12.6. The fraction of sp³-hybridized carbons (Fsp3) is 0.533. The molecule has 2 fully saturated rings. The van der Waals surface area contributed by atoms with Gasteiger partial charge in [0.2, 0.25) is 0 Å². The predicted octanol–water partition coefficient (Wildman–Crippen LogP) is 3.20. The largest absolute Gasteiger partial charge is 0.327 e. The van der Waals surface area contributed by atoms with Crippen LogP contribution >= 0.6 is 11.6 Å². The first kappa shape index (κ1) is 12.2. The minimum Gasteiger partial charge on any atom is -0.327 e. The quantitative estimate of drug-likeness (QED) is 0.833. The summed E-state index contributed by atoms with van der Waals surface area (Å²) >= 11 is 6.10. The van der Waals surface area contributed by atoms with Crippen molar-refractivity contribution in [1.29, 1.82) is 0 Å². The SMILES string of the molecule is Cc1ccc(C(=O)C2C3CCC(C3)C2N)cc1Cl. The van der Waals surface area contributed by atoms with E-state index in [0.29, 0.717) is 16.9 Å². The minimum absolute atomic E-state index is 0.0162. The normalized spacial score (nSPS) is 33.9.